The Labute approximate surface area is 610 Å². The predicted molar refractivity (Wildman–Crippen MR) is 419 cm³/mol. The highest BCUT2D eigenvalue weighted by molar-refractivity contribution is 7.47. The Bertz CT molecular complexity index is 1590. The van der Waals surface area contributed by atoms with Gasteiger partial charge in [-0.25, -0.2) is 9.13 Å². The van der Waals surface area contributed by atoms with Crippen LogP contribution in [0.3, 0.4) is 0 Å². The standard InChI is InChI=1S/C82H170N2O12P2/c1-11-13-15-17-19-21-23-25-27-31-35-45-53-61-71-91-81(77-95-97(85,86)93-73-67-83(5,6)7)75-89-69-59-51-43-37-41-49-57-65-79(3)63-55-47-39-33-29-30-34-40-48-56-64-80(4)66-58-50-42-38-44-52-60-70-90-76-82(78-96-98(87,88)94-74-68-84(8,9)10)92-72-62-54-46-36-32-28-26-24-22-20-18-16-14-12-2/h79-82H,11-78H2,1-10H3/p+2/t79-,80-,81+,82+/m1/s1. The molecule has 6 atom stereocenters. The molecule has 0 aromatic heterocycles. The molecule has 590 valence electrons. The SMILES string of the molecule is CCCCCCCCCCCCCCCCO[C@@H](COCCCCCCCCC[C@H](C)CCCCCCCCCCCC[C@@H](C)CCCCCCCCCOC[C@@H](COP(=O)(O)OCC[N+](C)(C)C)OCCCCCCCCCCCCCCCC)COP(=O)(O)OCC[N+](C)(C)C. The van der Waals surface area contributed by atoms with E-state index in [1.54, 1.807) is 0 Å². The lowest BCUT2D eigenvalue weighted by molar-refractivity contribution is -0.870. The van der Waals surface area contributed by atoms with Gasteiger partial charge in [0.05, 0.1) is 68.7 Å². The van der Waals surface area contributed by atoms with Crippen molar-refractivity contribution in [2.45, 2.75) is 399 Å². The molecule has 0 amide bonds. The predicted octanol–water partition coefficient (Wildman–Crippen LogP) is 24.6. The molecule has 0 saturated carbocycles. The first-order valence-electron chi connectivity index (χ1n) is 42.5. The summed E-state index contributed by atoms with van der Waals surface area (Å²) in [6.07, 6.45) is 73.2. The van der Waals surface area contributed by atoms with Crippen molar-refractivity contribution in [1.29, 1.82) is 0 Å². The molecule has 0 aromatic rings. The molecular formula is C82H172N2O12P2+2. The quantitative estimate of drug-likeness (QED) is 0.0339. The van der Waals surface area contributed by atoms with Crippen LogP contribution in [0.1, 0.15) is 387 Å². The Morgan fingerprint density at radius 3 is 0.694 bits per heavy atom. The summed E-state index contributed by atoms with van der Waals surface area (Å²) < 4.78 is 72.3. The molecule has 16 heteroatoms. The lowest BCUT2D eigenvalue weighted by Gasteiger charge is -2.24. The molecule has 0 heterocycles. The van der Waals surface area contributed by atoms with Gasteiger partial charge in [-0.15, -0.1) is 0 Å². The second kappa shape index (κ2) is 71.2. The van der Waals surface area contributed by atoms with Crippen LogP contribution in [0.25, 0.3) is 0 Å². The lowest BCUT2D eigenvalue weighted by Crippen LogP contribution is -2.37. The summed E-state index contributed by atoms with van der Waals surface area (Å²) in [4.78, 5) is 20.7. The van der Waals surface area contributed by atoms with Gasteiger partial charge >= 0.3 is 15.6 Å². The fourth-order valence-corrected chi connectivity index (χ4v) is 14.4. The van der Waals surface area contributed by atoms with Gasteiger partial charge in [-0.3, -0.25) is 18.1 Å². The van der Waals surface area contributed by atoms with Crippen molar-refractivity contribution in [3.8, 4) is 0 Å². The van der Waals surface area contributed by atoms with Crippen LogP contribution in [-0.2, 0) is 46.2 Å². The van der Waals surface area contributed by atoms with Crippen molar-refractivity contribution in [1.82, 2.24) is 0 Å². The molecule has 0 spiro atoms. The van der Waals surface area contributed by atoms with Gasteiger partial charge in [0.2, 0.25) is 0 Å². The maximum atomic E-state index is 12.6. The van der Waals surface area contributed by atoms with E-state index < -0.39 is 27.9 Å². The average Bonchev–Trinajstić information content (AvgIpc) is 1.09. The van der Waals surface area contributed by atoms with Crippen LogP contribution in [0.5, 0.6) is 0 Å². The zero-order valence-corrected chi connectivity index (χ0v) is 68.9. The number of ether oxygens (including phenoxy) is 4. The Kier molecular flexibility index (Phi) is 71.2. The summed E-state index contributed by atoms with van der Waals surface area (Å²) in [5, 5.41) is 0. The van der Waals surface area contributed by atoms with Gasteiger partial charge in [-0.05, 0) is 37.5 Å². The van der Waals surface area contributed by atoms with Gasteiger partial charge in [0, 0.05) is 26.4 Å². The Morgan fingerprint density at radius 1 is 0.265 bits per heavy atom. The van der Waals surface area contributed by atoms with Gasteiger partial charge in [-0.1, -0.05) is 362 Å². The number of hydrogen-bond acceptors (Lipinski definition) is 10. The first-order chi connectivity index (χ1) is 47.3. The summed E-state index contributed by atoms with van der Waals surface area (Å²) >= 11 is 0. The molecule has 0 aliphatic carbocycles. The molecule has 0 bridgehead atoms. The summed E-state index contributed by atoms with van der Waals surface area (Å²) in [5.74, 6) is 1.70. The summed E-state index contributed by atoms with van der Waals surface area (Å²) in [6, 6.07) is 0. The Balaban J connectivity index is 3.97. The molecular weight excluding hydrogens is 1270 g/mol. The Morgan fingerprint density at radius 2 is 0.469 bits per heavy atom. The van der Waals surface area contributed by atoms with Crippen molar-refractivity contribution in [2.75, 3.05) is 121 Å². The summed E-state index contributed by atoms with van der Waals surface area (Å²) in [7, 11) is 3.81. The number of hydrogen-bond donors (Lipinski definition) is 2. The fourth-order valence-electron chi connectivity index (χ4n) is 13.0. The maximum Gasteiger partial charge on any atom is 0.472 e. The molecule has 98 heavy (non-hydrogen) atoms. The van der Waals surface area contributed by atoms with E-state index in [9.17, 15) is 18.9 Å². The topological polar surface area (TPSA) is 148 Å². The summed E-state index contributed by atoms with van der Waals surface area (Å²) in [6.45, 7) is 14.3. The van der Waals surface area contributed by atoms with E-state index in [2.05, 4.69) is 27.7 Å². The third-order valence-electron chi connectivity index (χ3n) is 19.8. The zero-order valence-electron chi connectivity index (χ0n) is 67.2. The minimum atomic E-state index is -4.17. The highest BCUT2D eigenvalue weighted by Crippen LogP contribution is 2.44. The second-order valence-electron chi connectivity index (χ2n) is 32.4. The van der Waals surface area contributed by atoms with E-state index >= 15 is 0 Å². The van der Waals surface area contributed by atoms with Crippen molar-refractivity contribution in [2.24, 2.45) is 11.8 Å². The number of phosphoric acid groups is 2. The van der Waals surface area contributed by atoms with Crippen molar-refractivity contribution in [3.63, 3.8) is 0 Å². The van der Waals surface area contributed by atoms with Crippen molar-refractivity contribution in [3.05, 3.63) is 0 Å². The van der Waals surface area contributed by atoms with Crippen LogP contribution in [0.15, 0.2) is 0 Å². The minimum absolute atomic E-state index is 0.0157. The van der Waals surface area contributed by atoms with Crippen LogP contribution in [0.2, 0.25) is 0 Å². The smallest absolute Gasteiger partial charge is 0.379 e. The van der Waals surface area contributed by atoms with Crippen LogP contribution < -0.4 is 0 Å². The number of unbranched alkanes of at least 4 members (excludes halogenated alkanes) is 47. The van der Waals surface area contributed by atoms with Gasteiger partial charge in [-0.2, -0.15) is 0 Å². The molecule has 2 N–H and O–H groups in total. The number of nitrogens with zero attached hydrogens (tertiary/aromatic N) is 2. The zero-order chi connectivity index (χ0) is 72.0. The van der Waals surface area contributed by atoms with E-state index in [-0.39, 0.29) is 26.4 Å². The minimum Gasteiger partial charge on any atom is -0.379 e. The molecule has 2 unspecified atom stereocenters. The average molecular weight is 1440 g/mol. The Hall–Kier alpha value is -0.0200. The van der Waals surface area contributed by atoms with E-state index in [1.165, 1.54) is 321 Å². The van der Waals surface area contributed by atoms with Crippen molar-refractivity contribution < 1.29 is 64.9 Å². The molecule has 0 radical (unpaired) electrons. The van der Waals surface area contributed by atoms with Gasteiger partial charge in [0.15, 0.2) is 0 Å². The van der Waals surface area contributed by atoms with Crippen LogP contribution >= 0.6 is 15.6 Å². The van der Waals surface area contributed by atoms with Crippen LogP contribution in [0, 0.1) is 11.8 Å². The lowest BCUT2D eigenvalue weighted by atomic mass is 9.95. The molecule has 0 aromatic carbocycles. The van der Waals surface area contributed by atoms with Gasteiger partial charge in [0.1, 0.15) is 38.5 Å². The van der Waals surface area contributed by atoms with Crippen LogP contribution in [-0.4, -0.2) is 152 Å². The fraction of sp³-hybridized carbons (Fsp3) is 1.00. The summed E-state index contributed by atoms with van der Waals surface area (Å²) in [5.41, 5.74) is 0. The first-order valence-corrected chi connectivity index (χ1v) is 45.5. The van der Waals surface area contributed by atoms with E-state index in [0.29, 0.717) is 61.7 Å². The highest BCUT2D eigenvalue weighted by Gasteiger charge is 2.27. The van der Waals surface area contributed by atoms with E-state index in [4.69, 9.17) is 37.0 Å². The second-order valence-corrected chi connectivity index (χ2v) is 35.3. The number of rotatable bonds is 83. The third kappa shape index (κ3) is 78.6. The molecule has 0 fully saturated rings. The van der Waals surface area contributed by atoms with Gasteiger partial charge < -0.3 is 37.7 Å². The number of phosphoric ester groups is 2. The van der Waals surface area contributed by atoms with E-state index in [0.717, 1.165) is 50.4 Å². The maximum absolute atomic E-state index is 12.6. The van der Waals surface area contributed by atoms with E-state index in [1.807, 2.05) is 42.3 Å². The normalized spacial score (nSPS) is 14.9. The van der Waals surface area contributed by atoms with Crippen LogP contribution in [0.4, 0.5) is 0 Å². The van der Waals surface area contributed by atoms with Crippen molar-refractivity contribution >= 4 is 15.6 Å². The monoisotopic (exact) mass is 1440 g/mol. The van der Waals surface area contributed by atoms with Gasteiger partial charge in [0.25, 0.3) is 0 Å². The molecule has 0 rings (SSSR count). The first kappa shape index (κ1) is 98.0. The molecule has 0 saturated heterocycles. The molecule has 0 aliphatic rings. The number of quaternary nitrogens is 2. The largest absolute Gasteiger partial charge is 0.472 e. The molecule has 14 nitrogen and oxygen atoms in total. The third-order valence-corrected chi connectivity index (χ3v) is 21.8. The highest BCUT2D eigenvalue weighted by atomic mass is 31.2. The molecule has 0 aliphatic heterocycles. The number of likely N-dealkylation sites (N-methyl/N-ethyl adjacent to an activating group) is 2.